The second-order valence-corrected chi connectivity index (χ2v) is 6.62. The molecule has 4 nitrogen and oxygen atoms in total. The lowest BCUT2D eigenvalue weighted by Crippen LogP contribution is -2.38. The predicted octanol–water partition coefficient (Wildman–Crippen LogP) is 2.43. The van der Waals surface area contributed by atoms with E-state index in [4.69, 9.17) is 4.74 Å². The molecule has 1 aromatic rings. The third-order valence-electron chi connectivity index (χ3n) is 4.21. The third-order valence-corrected chi connectivity index (χ3v) is 4.21. The van der Waals surface area contributed by atoms with Gasteiger partial charge in [0.1, 0.15) is 6.61 Å². The Kier molecular flexibility index (Phi) is 6.40. The van der Waals surface area contributed by atoms with Crippen LogP contribution in [0.2, 0.25) is 0 Å². The van der Waals surface area contributed by atoms with Gasteiger partial charge in [-0.15, -0.1) is 0 Å². The van der Waals surface area contributed by atoms with E-state index in [0.29, 0.717) is 6.54 Å². The Morgan fingerprint density at radius 3 is 2.50 bits per heavy atom. The number of carbonyl (C=O) groups is 1. The summed E-state index contributed by atoms with van der Waals surface area (Å²) in [7, 11) is 1.53. The van der Waals surface area contributed by atoms with Crippen LogP contribution in [0.4, 0.5) is 0 Å². The van der Waals surface area contributed by atoms with Crippen molar-refractivity contribution in [3.63, 3.8) is 0 Å². The van der Waals surface area contributed by atoms with Crippen molar-refractivity contribution in [2.24, 2.45) is 11.8 Å². The Hall–Kier alpha value is -1.39. The highest BCUT2D eigenvalue weighted by atomic mass is 16.5. The molecule has 0 radical (unpaired) electrons. The van der Waals surface area contributed by atoms with Gasteiger partial charge in [0.05, 0.1) is 0 Å². The first-order chi connectivity index (χ1) is 10.6. The zero-order chi connectivity index (χ0) is 15.9. The number of nitrogens with zero attached hydrogens (tertiary/aromatic N) is 1. The largest absolute Gasteiger partial charge is 0.375 e. The molecule has 0 spiro atoms. The number of hydrogen-bond acceptors (Lipinski definition) is 3. The molecule has 1 saturated heterocycles. The molecule has 22 heavy (non-hydrogen) atoms. The maximum atomic E-state index is 11.6. The van der Waals surface area contributed by atoms with Crippen LogP contribution in [0.5, 0.6) is 0 Å². The maximum Gasteiger partial charge on any atom is 0.246 e. The molecular formula is C18H28N2O2. The summed E-state index contributed by atoms with van der Waals surface area (Å²) in [6.45, 7) is 8.63. The SMILES string of the molecule is COCC(=O)NCc1ccccc1CN1CC(C)CC(C)C1. The molecule has 2 atom stereocenters. The van der Waals surface area contributed by atoms with E-state index in [1.807, 2.05) is 6.07 Å². The monoisotopic (exact) mass is 304 g/mol. The number of piperidine rings is 1. The zero-order valence-corrected chi connectivity index (χ0v) is 14.0. The van der Waals surface area contributed by atoms with Gasteiger partial charge in [-0.05, 0) is 29.4 Å². The lowest BCUT2D eigenvalue weighted by Gasteiger charge is -2.35. The lowest BCUT2D eigenvalue weighted by molar-refractivity contribution is -0.124. The number of ether oxygens (including phenoxy) is 1. The van der Waals surface area contributed by atoms with E-state index in [2.05, 4.69) is 42.3 Å². The minimum atomic E-state index is -0.0717. The van der Waals surface area contributed by atoms with Crippen LogP contribution in [0, 0.1) is 11.8 Å². The van der Waals surface area contributed by atoms with Gasteiger partial charge in [0.2, 0.25) is 5.91 Å². The fraction of sp³-hybridized carbons (Fsp3) is 0.611. The van der Waals surface area contributed by atoms with Crippen molar-refractivity contribution in [3.05, 3.63) is 35.4 Å². The fourth-order valence-electron chi connectivity index (χ4n) is 3.42. The molecule has 1 amide bonds. The summed E-state index contributed by atoms with van der Waals surface area (Å²) >= 11 is 0. The second kappa shape index (κ2) is 8.30. The second-order valence-electron chi connectivity index (χ2n) is 6.62. The summed E-state index contributed by atoms with van der Waals surface area (Å²) in [6.07, 6.45) is 1.32. The predicted molar refractivity (Wildman–Crippen MR) is 88.4 cm³/mol. The molecule has 0 aliphatic carbocycles. The van der Waals surface area contributed by atoms with Crippen LogP contribution in [0.3, 0.4) is 0 Å². The van der Waals surface area contributed by atoms with E-state index in [1.165, 1.54) is 24.7 Å². The van der Waals surface area contributed by atoms with E-state index in [0.717, 1.165) is 31.5 Å². The van der Waals surface area contributed by atoms with Crippen LogP contribution >= 0.6 is 0 Å². The normalized spacial score (nSPS) is 22.5. The van der Waals surface area contributed by atoms with Gasteiger partial charge in [0.25, 0.3) is 0 Å². The van der Waals surface area contributed by atoms with Gasteiger partial charge >= 0.3 is 0 Å². The van der Waals surface area contributed by atoms with Crippen molar-refractivity contribution in [2.75, 3.05) is 26.8 Å². The molecule has 1 aliphatic rings. The van der Waals surface area contributed by atoms with Gasteiger partial charge in [-0.1, -0.05) is 38.1 Å². The number of benzene rings is 1. The van der Waals surface area contributed by atoms with Crippen molar-refractivity contribution in [3.8, 4) is 0 Å². The molecule has 1 heterocycles. The van der Waals surface area contributed by atoms with E-state index in [-0.39, 0.29) is 12.5 Å². The van der Waals surface area contributed by atoms with Gasteiger partial charge in [0.15, 0.2) is 0 Å². The summed E-state index contributed by atoms with van der Waals surface area (Å²) in [5.74, 6) is 1.45. The third kappa shape index (κ3) is 5.11. The Morgan fingerprint density at radius 1 is 1.23 bits per heavy atom. The summed E-state index contributed by atoms with van der Waals surface area (Å²) in [4.78, 5) is 14.1. The van der Waals surface area contributed by atoms with Crippen LogP contribution in [0.15, 0.2) is 24.3 Å². The first kappa shape index (κ1) is 17.0. The molecular weight excluding hydrogens is 276 g/mol. The van der Waals surface area contributed by atoms with Gasteiger partial charge in [-0.25, -0.2) is 0 Å². The minimum absolute atomic E-state index is 0.0717. The van der Waals surface area contributed by atoms with E-state index >= 15 is 0 Å². The van der Waals surface area contributed by atoms with Crippen LogP contribution in [-0.4, -0.2) is 37.6 Å². The highest BCUT2D eigenvalue weighted by Gasteiger charge is 2.22. The van der Waals surface area contributed by atoms with E-state index in [1.54, 1.807) is 0 Å². The Morgan fingerprint density at radius 2 is 1.86 bits per heavy atom. The summed E-state index contributed by atoms with van der Waals surface area (Å²) in [5.41, 5.74) is 2.50. The molecule has 1 aliphatic heterocycles. The molecule has 0 saturated carbocycles. The number of carbonyl (C=O) groups excluding carboxylic acids is 1. The summed E-state index contributed by atoms with van der Waals surface area (Å²) in [6, 6.07) is 8.37. The van der Waals surface area contributed by atoms with Crippen LogP contribution in [0.25, 0.3) is 0 Å². The maximum absolute atomic E-state index is 11.6. The van der Waals surface area contributed by atoms with Crippen molar-refractivity contribution in [1.29, 1.82) is 0 Å². The highest BCUT2D eigenvalue weighted by Crippen LogP contribution is 2.23. The quantitative estimate of drug-likeness (QED) is 0.877. The number of nitrogens with one attached hydrogen (secondary N) is 1. The van der Waals surface area contributed by atoms with Gasteiger partial charge in [-0.2, -0.15) is 0 Å². The standard InChI is InChI=1S/C18H28N2O2/c1-14-8-15(2)11-20(10-14)12-17-7-5-4-6-16(17)9-19-18(21)13-22-3/h4-7,14-15H,8-13H2,1-3H3,(H,19,21). The summed E-state index contributed by atoms with van der Waals surface area (Å²) < 4.78 is 4.85. The van der Waals surface area contributed by atoms with E-state index < -0.39 is 0 Å². The number of amides is 1. The molecule has 1 fully saturated rings. The lowest BCUT2D eigenvalue weighted by atomic mass is 9.91. The molecule has 2 unspecified atom stereocenters. The molecule has 4 heteroatoms. The van der Waals surface area contributed by atoms with Gasteiger partial charge in [0, 0.05) is 33.3 Å². The molecule has 2 rings (SSSR count). The number of likely N-dealkylation sites (tertiary alicyclic amines) is 1. The highest BCUT2D eigenvalue weighted by molar-refractivity contribution is 5.77. The first-order valence-corrected chi connectivity index (χ1v) is 8.13. The Bertz CT molecular complexity index is 480. The van der Waals surface area contributed by atoms with Crippen molar-refractivity contribution in [1.82, 2.24) is 10.2 Å². The van der Waals surface area contributed by atoms with Crippen LogP contribution in [-0.2, 0) is 22.6 Å². The van der Waals surface area contributed by atoms with Gasteiger partial charge < -0.3 is 10.1 Å². The molecule has 1 N–H and O–H groups in total. The van der Waals surface area contributed by atoms with Crippen LogP contribution < -0.4 is 5.32 Å². The topological polar surface area (TPSA) is 41.6 Å². The smallest absolute Gasteiger partial charge is 0.246 e. The fourth-order valence-corrected chi connectivity index (χ4v) is 3.42. The van der Waals surface area contributed by atoms with Crippen LogP contribution in [0.1, 0.15) is 31.4 Å². The Labute approximate surface area is 133 Å². The van der Waals surface area contributed by atoms with Crippen molar-refractivity contribution < 1.29 is 9.53 Å². The number of methoxy groups -OCH3 is 1. The first-order valence-electron chi connectivity index (χ1n) is 8.13. The average molecular weight is 304 g/mol. The molecule has 0 bridgehead atoms. The van der Waals surface area contributed by atoms with Crippen molar-refractivity contribution >= 4 is 5.91 Å². The zero-order valence-electron chi connectivity index (χ0n) is 14.0. The number of hydrogen-bond donors (Lipinski definition) is 1. The molecule has 122 valence electrons. The molecule has 0 aromatic heterocycles. The van der Waals surface area contributed by atoms with Crippen molar-refractivity contribution in [2.45, 2.75) is 33.4 Å². The number of rotatable bonds is 6. The summed E-state index contributed by atoms with van der Waals surface area (Å²) in [5, 5.41) is 2.91. The average Bonchev–Trinajstić information content (AvgIpc) is 2.45. The van der Waals surface area contributed by atoms with Gasteiger partial charge in [-0.3, -0.25) is 9.69 Å². The Balaban J connectivity index is 1.97. The van der Waals surface area contributed by atoms with E-state index in [9.17, 15) is 4.79 Å². The molecule has 1 aromatic carbocycles. The minimum Gasteiger partial charge on any atom is -0.375 e.